The Labute approximate surface area is 186 Å². The standard InChI is InChI=1S/C23H22F5N3O2/c1-12-10-31(6-7-32-12)18-11-33-19-8-13(24)2-3-14(19)22(18)30-21-15-9-20(23(26,27)28)29-17(15)5-4-16(21)25/h2-5,8-9,12,18,22,29-30H,6-7,10-11H2,1H3. The summed E-state index contributed by atoms with van der Waals surface area (Å²) in [6, 6.07) is 6.59. The third-order valence-electron chi connectivity index (χ3n) is 6.20. The van der Waals surface area contributed by atoms with Gasteiger partial charge in [-0.3, -0.25) is 4.90 Å². The number of nitrogens with one attached hydrogen (secondary N) is 2. The van der Waals surface area contributed by atoms with Crippen molar-refractivity contribution < 1.29 is 31.4 Å². The van der Waals surface area contributed by atoms with Crippen LogP contribution in [0.15, 0.2) is 36.4 Å². The van der Waals surface area contributed by atoms with Crippen molar-refractivity contribution in [1.29, 1.82) is 0 Å². The Morgan fingerprint density at radius 3 is 2.70 bits per heavy atom. The first kappa shape index (κ1) is 22.0. The number of morpholine rings is 1. The van der Waals surface area contributed by atoms with Gasteiger partial charge in [0.2, 0.25) is 0 Å². The number of benzene rings is 2. The number of alkyl halides is 3. The third-order valence-corrected chi connectivity index (χ3v) is 6.20. The van der Waals surface area contributed by atoms with Crippen LogP contribution in [0.4, 0.5) is 27.6 Å². The van der Waals surface area contributed by atoms with Crippen LogP contribution < -0.4 is 10.1 Å². The number of hydrogen-bond acceptors (Lipinski definition) is 4. The molecule has 5 rings (SSSR count). The number of fused-ring (bicyclic) bond motifs is 2. The van der Waals surface area contributed by atoms with Crippen LogP contribution in [0.25, 0.3) is 10.9 Å². The lowest BCUT2D eigenvalue weighted by atomic mass is 9.93. The summed E-state index contributed by atoms with van der Waals surface area (Å²) in [6.45, 7) is 3.89. The lowest BCUT2D eigenvalue weighted by Gasteiger charge is -2.44. The Morgan fingerprint density at radius 1 is 1.12 bits per heavy atom. The van der Waals surface area contributed by atoms with Crippen molar-refractivity contribution in [2.24, 2.45) is 0 Å². The summed E-state index contributed by atoms with van der Waals surface area (Å²) in [4.78, 5) is 4.46. The molecule has 0 aliphatic carbocycles. The summed E-state index contributed by atoms with van der Waals surface area (Å²) in [6.07, 6.45) is -4.62. The minimum atomic E-state index is -4.60. The number of nitrogens with zero attached hydrogens (tertiary/aromatic N) is 1. The number of H-pyrrole nitrogens is 1. The van der Waals surface area contributed by atoms with Crippen LogP contribution in [0, 0.1) is 11.6 Å². The second kappa shape index (κ2) is 8.18. The molecule has 33 heavy (non-hydrogen) atoms. The van der Waals surface area contributed by atoms with Crippen LogP contribution >= 0.6 is 0 Å². The van der Waals surface area contributed by atoms with E-state index in [2.05, 4.69) is 15.2 Å². The predicted molar refractivity (Wildman–Crippen MR) is 112 cm³/mol. The maximum atomic E-state index is 15.0. The summed E-state index contributed by atoms with van der Waals surface area (Å²) >= 11 is 0. The van der Waals surface area contributed by atoms with Gasteiger partial charge in [0.1, 0.15) is 29.7 Å². The van der Waals surface area contributed by atoms with E-state index in [0.29, 0.717) is 31.0 Å². The maximum absolute atomic E-state index is 15.0. The molecule has 3 atom stereocenters. The molecular weight excluding hydrogens is 445 g/mol. The lowest BCUT2D eigenvalue weighted by Crippen LogP contribution is -2.54. The maximum Gasteiger partial charge on any atom is 0.431 e. The van der Waals surface area contributed by atoms with E-state index in [1.165, 1.54) is 18.2 Å². The van der Waals surface area contributed by atoms with Gasteiger partial charge in [0.15, 0.2) is 0 Å². The second-order valence-corrected chi connectivity index (χ2v) is 8.42. The van der Waals surface area contributed by atoms with Gasteiger partial charge in [-0.15, -0.1) is 0 Å². The van der Waals surface area contributed by atoms with E-state index in [1.807, 2.05) is 6.92 Å². The second-order valence-electron chi connectivity index (χ2n) is 8.42. The van der Waals surface area contributed by atoms with Crippen LogP contribution in [0.2, 0.25) is 0 Å². The van der Waals surface area contributed by atoms with Gasteiger partial charge in [-0.1, -0.05) is 6.07 Å². The van der Waals surface area contributed by atoms with Crippen molar-refractivity contribution in [1.82, 2.24) is 9.88 Å². The highest BCUT2D eigenvalue weighted by molar-refractivity contribution is 5.93. The van der Waals surface area contributed by atoms with Crippen molar-refractivity contribution in [3.05, 3.63) is 59.3 Å². The van der Waals surface area contributed by atoms with Crippen molar-refractivity contribution in [3.8, 4) is 5.75 Å². The summed E-state index contributed by atoms with van der Waals surface area (Å²) in [5.74, 6) is -0.832. The molecule has 3 unspecified atom stereocenters. The fourth-order valence-corrected chi connectivity index (χ4v) is 4.64. The van der Waals surface area contributed by atoms with E-state index in [1.54, 1.807) is 6.07 Å². The van der Waals surface area contributed by atoms with Crippen molar-refractivity contribution in [2.45, 2.75) is 31.3 Å². The zero-order valence-electron chi connectivity index (χ0n) is 17.7. The monoisotopic (exact) mass is 467 g/mol. The number of rotatable bonds is 3. The molecule has 176 valence electrons. The number of ether oxygens (including phenoxy) is 2. The van der Waals surface area contributed by atoms with Gasteiger partial charge in [0.25, 0.3) is 0 Å². The van der Waals surface area contributed by atoms with Crippen LogP contribution in [0.5, 0.6) is 5.75 Å². The first-order chi connectivity index (χ1) is 15.7. The van der Waals surface area contributed by atoms with E-state index in [-0.39, 0.29) is 35.3 Å². The fraction of sp³-hybridized carbons (Fsp3) is 0.391. The van der Waals surface area contributed by atoms with E-state index >= 15 is 0 Å². The topological polar surface area (TPSA) is 49.5 Å². The number of anilines is 1. The Bertz CT molecular complexity index is 1180. The number of halogens is 5. The van der Waals surface area contributed by atoms with Crippen molar-refractivity contribution in [3.63, 3.8) is 0 Å². The average molecular weight is 467 g/mol. The van der Waals surface area contributed by atoms with Gasteiger partial charge in [-0.2, -0.15) is 13.2 Å². The summed E-state index contributed by atoms with van der Waals surface area (Å²) in [5.41, 5.74) is -0.240. The van der Waals surface area contributed by atoms with Crippen LogP contribution in [0.3, 0.4) is 0 Å². The Balaban J connectivity index is 1.58. The average Bonchev–Trinajstić information content (AvgIpc) is 3.21. The van der Waals surface area contributed by atoms with Gasteiger partial charge in [0, 0.05) is 35.6 Å². The minimum absolute atomic E-state index is 0.0202. The van der Waals surface area contributed by atoms with Crippen LogP contribution in [-0.4, -0.2) is 48.3 Å². The minimum Gasteiger partial charge on any atom is -0.491 e. The molecule has 0 spiro atoms. The van der Waals surface area contributed by atoms with Crippen molar-refractivity contribution in [2.75, 3.05) is 31.6 Å². The molecule has 1 aromatic heterocycles. The highest BCUT2D eigenvalue weighted by atomic mass is 19.4. The Morgan fingerprint density at radius 2 is 1.94 bits per heavy atom. The van der Waals surface area contributed by atoms with Gasteiger partial charge < -0.3 is 19.8 Å². The van der Waals surface area contributed by atoms with Gasteiger partial charge in [0.05, 0.1) is 30.5 Å². The van der Waals surface area contributed by atoms with Crippen LogP contribution in [0.1, 0.15) is 24.2 Å². The lowest BCUT2D eigenvalue weighted by molar-refractivity contribution is -0.140. The van der Waals surface area contributed by atoms with Gasteiger partial charge in [-0.25, -0.2) is 8.78 Å². The first-order valence-electron chi connectivity index (χ1n) is 10.6. The van der Waals surface area contributed by atoms with Crippen molar-refractivity contribution >= 4 is 16.6 Å². The van der Waals surface area contributed by atoms with Gasteiger partial charge in [-0.05, 0) is 31.2 Å². The molecule has 0 amide bonds. The molecule has 1 saturated heterocycles. The molecule has 0 saturated carbocycles. The van der Waals surface area contributed by atoms with E-state index in [9.17, 15) is 22.0 Å². The Kier molecular flexibility index (Phi) is 5.44. The first-order valence-corrected chi connectivity index (χ1v) is 10.6. The normalized spacial score (nSPS) is 23.9. The van der Waals surface area contributed by atoms with Gasteiger partial charge >= 0.3 is 6.18 Å². The van der Waals surface area contributed by atoms with E-state index in [0.717, 1.165) is 12.1 Å². The molecule has 1 fully saturated rings. The Hall–Kier alpha value is -2.85. The fourth-order valence-electron chi connectivity index (χ4n) is 4.64. The molecular formula is C23H22F5N3O2. The molecule has 2 aromatic carbocycles. The number of aromatic amines is 1. The molecule has 2 aliphatic heterocycles. The molecule has 3 heterocycles. The summed E-state index contributed by atoms with van der Waals surface area (Å²) < 4.78 is 80.1. The quantitative estimate of drug-likeness (QED) is 0.527. The molecule has 3 aromatic rings. The third kappa shape index (κ3) is 4.13. The molecule has 2 aliphatic rings. The largest absolute Gasteiger partial charge is 0.491 e. The molecule has 0 radical (unpaired) electrons. The zero-order chi connectivity index (χ0) is 23.3. The molecule has 5 nitrogen and oxygen atoms in total. The highest BCUT2D eigenvalue weighted by Crippen LogP contribution is 2.41. The number of hydrogen-bond donors (Lipinski definition) is 2. The molecule has 2 N–H and O–H groups in total. The molecule has 10 heteroatoms. The van der Waals surface area contributed by atoms with Crippen LogP contribution in [-0.2, 0) is 10.9 Å². The van der Waals surface area contributed by atoms with E-state index in [4.69, 9.17) is 9.47 Å². The smallest absolute Gasteiger partial charge is 0.431 e. The summed E-state index contributed by atoms with van der Waals surface area (Å²) in [7, 11) is 0. The summed E-state index contributed by atoms with van der Waals surface area (Å²) in [5, 5.41) is 3.24. The highest BCUT2D eigenvalue weighted by Gasteiger charge is 2.38. The molecule has 0 bridgehead atoms. The number of aromatic nitrogens is 1. The van der Waals surface area contributed by atoms with E-state index < -0.39 is 29.5 Å². The SMILES string of the molecule is CC1CN(C2COc3cc(F)ccc3C2Nc2c(F)ccc3[nH]c(C(F)(F)F)cc23)CCO1. The predicted octanol–water partition coefficient (Wildman–Crippen LogP) is 5.10. The zero-order valence-corrected chi connectivity index (χ0v) is 17.7.